The monoisotopic (exact) mass is 327 g/mol. The molecule has 124 valence electrons. The van der Waals surface area contributed by atoms with Gasteiger partial charge in [-0.1, -0.05) is 35.9 Å². The number of rotatable bonds is 3. The molecular weight excluding hydrogens is 310 g/mol. The van der Waals surface area contributed by atoms with Crippen LogP contribution in [0.1, 0.15) is 28.5 Å². The zero-order chi connectivity index (χ0) is 17.3. The summed E-state index contributed by atoms with van der Waals surface area (Å²) >= 11 is 0. The highest BCUT2D eigenvalue weighted by Gasteiger charge is 2.41. The zero-order valence-corrected chi connectivity index (χ0v) is 13.4. The van der Waals surface area contributed by atoms with E-state index in [4.69, 9.17) is 9.47 Å². The van der Waals surface area contributed by atoms with Crippen molar-refractivity contribution < 1.29 is 19.2 Å². The summed E-state index contributed by atoms with van der Waals surface area (Å²) in [6.07, 6.45) is 0. The molecule has 0 unspecified atom stereocenters. The number of fused-ring (bicyclic) bond motifs is 2. The Bertz CT molecular complexity index is 802. The molecule has 24 heavy (non-hydrogen) atoms. The molecule has 6 heteroatoms. The van der Waals surface area contributed by atoms with Gasteiger partial charge in [-0.05, 0) is 19.1 Å². The van der Waals surface area contributed by atoms with Gasteiger partial charge in [0.15, 0.2) is 0 Å². The second-order valence-electron chi connectivity index (χ2n) is 5.80. The summed E-state index contributed by atoms with van der Waals surface area (Å²) in [5.74, 6) is -0.908. The Morgan fingerprint density at radius 2 is 1.92 bits per heavy atom. The third kappa shape index (κ3) is 2.82. The molecule has 0 aromatic heterocycles. The highest BCUT2D eigenvalue weighted by Crippen LogP contribution is 2.47. The van der Waals surface area contributed by atoms with Crippen molar-refractivity contribution in [2.75, 3.05) is 13.7 Å². The average Bonchev–Trinajstić information content (AvgIpc) is 2.68. The summed E-state index contributed by atoms with van der Waals surface area (Å²) in [6.45, 7) is 1.52. The molecule has 1 heterocycles. The predicted octanol–water partition coefficient (Wildman–Crippen LogP) is 3.42. The molecule has 0 saturated heterocycles. The van der Waals surface area contributed by atoms with Crippen molar-refractivity contribution in [3.8, 4) is 11.5 Å². The van der Waals surface area contributed by atoms with E-state index in [1.165, 1.54) is 7.11 Å². The van der Waals surface area contributed by atoms with Crippen LogP contribution < -0.4 is 4.74 Å². The Morgan fingerprint density at radius 1 is 1.21 bits per heavy atom. The van der Waals surface area contributed by atoms with Gasteiger partial charge in [0.2, 0.25) is 6.54 Å². The van der Waals surface area contributed by atoms with Crippen LogP contribution in [0.3, 0.4) is 0 Å². The molecule has 0 fully saturated rings. The van der Waals surface area contributed by atoms with Gasteiger partial charge in [-0.15, -0.1) is 0 Å². The van der Waals surface area contributed by atoms with Crippen molar-refractivity contribution in [1.82, 2.24) is 0 Å². The number of hydrogen-bond donors (Lipinski definition) is 0. The fourth-order valence-electron chi connectivity index (χ4n) is 3.18. The van der Waals surface area contributed by atoms with E-state index in [9.17, 15) is 14.9 Å². The summed E-state index contributed by atoms with van der Waals surface area (Å²) in [4.78, 5) is 23.3. The lowest BCUT2D eigenvalue weighted by atomic mass is 9.81. The molecule has 0 bridgehead atoms. The van der Waals surface area contributed by atoms with Crippen molar-refractivity contribution in [3.63, 3.8) is 0 Å². The van der Waals surface area contributed by atoms with E-state index < -0.39 is 22.7 Å². The number of ether oxygens (including phenoxy) is 2. The lowest BCUT2D eigenvalue weighted by molar-refractivity contribution is -0.483. The second-order valence-corrected chi connectivity index (χ2v) is 5.80. The quantitative estimate of drug-likeness (QED) is 0.490. The van der Waals surface area contributed by atoms with Crippen LogP contribution in [0.4, 0.5) is 0 Å². The van der Waals surface area contributed by atoms with Gasteiger partial charge in [-0.3, -0.25) is 14.9 Å². The molecule has 0 aliphatic carbocycles. The Kier molecular flexibility index (Phi) is 4.20. The Hall–Kier alpha value is -2.89. The first-order chi connectivity index (χ1) is 11.5. The van der Waals surface area contributed by atoms with Crippen LogP contribution in [-0.2, 0) is 9.53 Å². The van der Waals surface area contributed by atoms with Crippen LogP contribution in [0.5, 0.6) is 11.5 Å². The summed E-state index contributed by atoms with van der Waals surface area (Å²) < 4.78 is 10.9. The number of hydrogen-bond acceptors (Lipinski definition) is 5. The standard InChI is InChI=1S/C18H17NO5/c1-11-7-8-16-13(9-11)17(18(20)23-2)14(10-19(21)22)12-5-3-4-6-15(12)24-16/h3-9,14,17H,10H2,1-2H3/t14-,17-/m1/s1. The van der Waals surface area contributed by atoms with E-state index in [0.717, 1.165) is 5.56 Å². The Labute approximate surface area is 139 Å². The maximum absolute atomic E-state index is 12.5. The van der Waals surface area contributed by atoms with Crippen LogP contribution >= 0.6 is 0 Å². The van der Waals surface area contributed by atoms with E-state index >= 15 is 0 Å². The van der Waals surface area contributed by atoms with Crippen LogP contribution in [0.15, 0.2) is 42.5 Å². The van der Waals surface area contributed by atoms with Crippen molar-refractivity contribution in [2.45, 2.75) is 18.8 Å². The van der Waals surface area contributed by atoms with Gasteiger partial charge < -0.3 is 9.47 Å². The Morgan fingerprint density at radius 3 is 2.62 bits per heavy atom. The molecule has 3 rings (SSSR count). The van der Waals surface area contributed by atoms with Crippen molar-refractivity contribution in [1.29, 1.82) is 0 Å². The summed E-state index contributed by atoms with van der Waals surface area (Å²) in [7, 11) is 1.29. The molecular formula is C18H17NO5. The molecule has 0 N–H and O–H groups in total. The first-order valence-corrected chi connectivity index (χ1v) is 7.58. The molecule has 2 aromatic rings. The summed E-state index contributed by atoms with van der Waals surface area (Å²) in [5.41, 5.74) is 2.19. The van der Waals surface area contributed by atoms with E-state index in [0.29, 0.717) is 22.6 Å². The second kappa shape index (κ2) is 6.31. The topological polar surface area (TPSA) is 78.7 Å². The van der Waals surface area contributed by atoms with Crippen LogP contribution in [0, 0.1) is 17.0 Å². The van der Waals surface area contributed by atoms with Gasteiger partial charge in [0.05, 0.1) is 18.9 Å². The van der Waals surface area contributed by atoms with E-state index in [2.05, 4.69) is 0 Å². The third-order valence-corrected chi connectivity index (χ3v) is 4.24. The minimum atomic E-state index is -0.793. The fourth-order valence-corrected chi connectivity index (χ4v) is 3.18. The van der Waals surface area contributed by atoms with E-state index in [1.807, 2.05) is 19.1 Å². The maximum Gasteiger partial charge on any atom is 0.314 e. The number of aryl methyl sites for hydroxylation is 1. The number of para-hydroxylation sites is 1. The smallest absolute Gasteiger partial charge is 0.314 e. The lowest BCUT2D eigenvalue weighted by Crippen LogP contribution is -2.26. The van der Waals surface area contributed by atoms with Crippen molar-refractivity contribution in [2.24, 2.45) is 0 Å². The van der Waals surface area contributed by atoms with Crippen molar-refractivity contribution >= 4 is 5.97 Å². The number of carbonyl (C=O) groups is 1. The highest BCUT2D eigenvalue weighted by molar-refractivity contribution is 5.81. The van der Waals surface area contributed by atoms with Gasteiger partial charge in [0.1, 0.15) is 11.5 Å². The average molecular weight is 327 g/mol. The van der Waals surface area contributed by atoms with Gasteiger partial charge in [0.25, 0.3) is 0 Å². The SMILES string of the molecule is COC(=O)[C@@H]1c2cc(C)ccc2Oc2ccccc2[C@H]1C[N+](=O)[O-]. The maximum atomic E-state index is 12.5. The number of benzene rings is 2. The minimum absolute atomic E-state index is 0.381. The van der Waals surface area contributed by atoms with Crippen LogP contribution in [0.25, 0.3) is 0 Å². The van der Waals surface area contributed by atoms with Crippen LogP contribution in [0.2, 0.25) is 0 Å². The molecule has 0 spiro atoms. The van der Waals surface area contributed by atoms with Crippen molar-refractivity contribution in [3.05, 3.63) is 69.3 Å². The normalized spacial score (nSPS) is 18.6. The molecule has 2 aromatic carbocycles. The highest BCUT2D eigenvalue weighted by atomic mass is 16.6. The lowest BCUT2D eigenvalue weighted by Gasteiger charge is -2.21. The molecule has 1 aliphatic heterocycles. The summed E-state index contributed by atoms with van der Waals surface area (Å²) in [5, 5.41) is 11.2. The first kappa shape index (κ1) is 16.0. The number of esters is 1. The molecule has 6 nitrogen and oxygen atoms in total. The largest absolute Gasteiger partial charge is 0.469 e. The number of nitrogens with zero attached hydrogens (tertiary/aromatic N) is 1. The van der Waals surface area contributed by atoms with Gasteiger partial charge in [-0.2, -0.15) is 0 Å². The minimum Gasteiger partial charge on any atom is -0.469 e. The fraction of sp³-hybridized carbons (Fsp3) is 0.278. The molecule has 0 saturated carbocycles. The predicted molar refractivity (Wildman–Crippen MR) is 87.1 cm³/mol. The first-order valence-electron chi connectivity index (χ1n) is 7.58. The van der Waals surface area contributed by atoms with Crippen LogP contribution in [-0.4, -0.2) is 24.5 Å². The van der Waals surface area contributed by atoms with Gasteiger partial charge >= 0.3 is 5.97 Å². The van der Waals surface area contributed by atoms with E-state index in [1.54, 1.807) is 30.3 Å². The molecule has 2 atom stereocenters. The van der Waals surface area contributed by atoms with E-state index in [-0.39, 0.29) is 6.54 Å². The summed E-state index contributed by atoms with van der Waals surface area (Å²) in [6, 6.07) is 12.6. The molecule has 0 amide bonds. The Balaban J connectivity index is 2.26. The van der Waals surface area contributed by atoms with Gasteiger partial charge in [-0.25, -0.2) is 0 Å². The van der Waals surface area contributed by atoms with Gasteiger partial charge in [0, 0.05) is 16.1 Å². The number of carbonyl (C=O) groups excluding carboxylic acids is 1. The zero-order valence-electron chi connectivity index (χ0n) is 13.4. The molecule has 1 aliphatic rings. The number of nitro groups is 1. The third-order valence-electron chi connectivity index (χ3n) is 4.24. The number of methoxy groups -OCH3 is 1. The molecule has 0 radical (unpaired) electrons.